The number of rotatable bonds is 7. The number of Topliss-reactive ketones (excluding diaryl/α,β-unsaturated/α-hetero) is 1. The van der Waals surface area contributed by atoms with E-state index in [1.165, 1.54) is 54.6 Å². The summed E-state index contributed by atoms with van der Waals surface area (Å²) in [5.74, 6) is -2.89. The van der Waals surface area contributed by atoms with Gasteiger partial charge < -0.3 is 0 Å². The Morgan fingerprint density at radius 1 is 0.829 bits per heavy atom. The fourth-order valence-corrected chi connectivity index (χ4v) is 4.63. The molecule has 0 radical (unpaired) electrons. The van der Waals surface area contributed by atoms with Crippen LogP contribution in [-0.4, -0.2) is 45.4 Å². The lowest BCUT2D eigenvalue weighted by Crippen LogP contribution is -2.57. The first kappa shape index (κ1) is 25.2. The van der Waals surface area contributed by atoms with Gasteiger partial charge in [0.1, 0.15) is 6.04 Å². The molecule has 0 bridgehead atoms. The van der Waals surface area contributed by atoms with Gasteiger partial charge in [0.05, 0.1) is 21.7 Å². The van der Waals surface area contributed by atoms with Crippen LogP contribution in [0, 0.1) is 0 Å². The molecule has 0 aliphatic carbocycles. The number of alkyl halides is 1. The zero-order valence-electron chi connectivity index (χ0n) is 17.9. The Morgan fingerprint density at radius 3 is 1.94 bits per heavy atom. The van der Waals surface area contributed by atoms with Crippen molar-refractivity contribution in [3.63, 3.8) is 0 Å². The van der Waals surface area contributed by atoms with Crippen LogP contribution in [0.4, 0.5) is 0 Å². The maximum absolute atomic E-state index is 13.8. The van der Waals surface area contributed by atoms with Gasteiger partial charge in [-0.1, -0.05) is 46.9 Å². The summed E-state index contributed by atoms with van der Waals surface area (Å²) in [5.41, 5.74) is 0.402. The number of benzene rings is 3. The largest absolute Gasteiger partial charge is 0.292 e. The predicted octanol–water partition coefficient (Wildman–Crippen LogP) is 6.18. The molecule has 0 unspecified atom stereocenters. The van der Waals surface area contributed by atoms with E-state index >= 15 is 0 Å². The molecule has 4 rings (SSSR count). The zero-order valence-corrected chi connectivity index (χ0v) is 20.9. The highest BCUT2D eigenvalue weighted by Crippen LogP contribution is 2.31. The van der Waals surface area contributed by atoms with E-state index in [2.05, 4.69) is 0 Å². The van der Waals surface area contributed by atoms with Crippen molar-refractivity contribution < 1.29 is 19.2 Å². The van der Waals surface area contributed by atoms with Gasteiger partial charge in [-0.2, -0.15) is 5.01 Å². The molecule has 3 amide bonds. The van der Waals surface area contributed by atoms with Crippen LogP contribution >= 0.6 is 46.4 Å². The van der Waals surface area contributed by atoms with E-state index in [-0.39, 0.29) is 44.6 Å². The van der Waals surface area contributed by atoms with Crippen LogP contribution in [0.3, 0.4) is 0 Å². The molecule has 3 aromatic carbocycles. The van der Waals surface area contributed by atoms with Gasteiger partial charge in [-0.15, -0.1) is 11.6 Å². The standard InChI is InChI=1S/C25H16Cl4N2O4/c26-12-11-21(22(32)14-5-7-15(27)8-6-14)30(25(35)19-10-9-16(28)13-20(19)29)31-23(33)17-3-1-2-4-18(17)24(31)34/h1-10,13,21H,11-12H2/t21-/m0/s1. The minimum atomic E-state index is -1.30. The van der Waals surface area contributed by atoms with Gasteiger partial charge in [0.2, 0.25) is 0 Å². The third-order valence-electron chi connectivity index (χ3n) is 5.47. The van der Waals surface area contributed by atoms with E-state index in [1.54, 1.807) is 12.1 Å². The molecule has 0 N–H and O–H groups in total. The van der Waals surface area contributed by atoms with E-state index in [9.17, 15) is 19.2 Å². The highest BCUT2D eigenvalue weighted by Gasteiger charge is 2.46. The van der Waals surface area contributed by atoms with Crippen LogP contribution in [0.1, 0.15) is 47.9 Å². The second-order valence-corrected chi connectivity index (χ2v) is 9.26. The molecule has 1 heterocycles. The molecule has 10 heteroatoms. The van der Waals surface area contributed by atoms with E-state index in [0.717, 1.165) is 5.01 Å². The molecule has 0 saturated heterocycles. The van der Waals surface area contributed by atoms with Crippen LogP contribution in [-0.2, 0) is 0 Å². The molecule has 3 aromatic rings. The SMILES string of the molecule is O=C(c1ccc(Cl)cc1)[C@H](CCCl)N(C(=O)c1ccc(Cl)cc1Cl)N1C(=O)c2ccccc2C1=O. The molecule has 0 spiro atoms. The lowest BCUT2D eigenvalue weighted by Gasteiger charge is -2.36. The number of carbonyl (C=O) groups is 4. The number of amides is 3. The van der Waals surface area contributed by atoms with Crippen molar-refractivity contribution in [3.05, 3.63) is 104 Å². The van der Waals surface area contributed by atoms with Crippen molar-refractivity contribution in [2.75, 3.05) is 5.88 Å². The second-order valence-electron chi connectivity index (χ2n) is 7.61. The summed E-state index contributed by atoms with van der Waals surface area (Å²) in [7, 11) is 0. The quantitative estimate of drug-likeness (QED) is 0.200. The molecule has 178 valence electrons. The van der Waals surface area contributed by atoms with Gasteiger partial charge in [-0.25, -0.2) is 5.01 Å². The van der Waals surface area contributed by atoms with Crippen LogP contribution in [0.2, 0.25) is 15.1 Å². The fourth-order valence-electron chi connectivity index (χ4n) is 3.80. The molecule has 0 aromatic heterocycles. The summed E-state index contributed by atoms with van der Waals surface area (Å²) in [6.45, 7) is 0. The molecule has 0 saturated carbocycles. The Labute approximate surface area is 220 Å². The fraction of sp³-hybridized carbons (Fsp3) is 0.120. The first-order valence-electron chi connectivity index (χ1n) is 10.4. The minimum Gasteiger partial charge on any atom is -0.292 e. The molecule has 35 heavy (non-hydrogen) atoms. The summed E-state index contributed by atoms with van der Waals surface area (Å²) >= 11 is 24.2. The van der Waals surface area contributed by atoms with Crippen LogP contribution in [0.25, 0.3) is 0 Å². The molecule has 6 nitrogen and oxygen atoms in total. The number of carbonyl (C=O) groups excluding carboxylic acids is 4. The number of halogens is 4. The average molecular weight is 550 g/mol. The van der Waals surface area contributed by atoms with Crippen molar-refractivity contribution in [3.8, 4) is 0 Å². The lowest BCUT2D eigenvalue weighted by atomic mass is 10.0. The van der Waals surface area contributed by atoms with Crippen molar-refractivity contribution >= 4 is 69.9 Å². The average Bonchev–Trinajstić information content (AvgIpc) is 3.09. The van der Waals surface area contributed by atoms with E-state index < -0.39 is 29.5 Å². The van der Waals surface area contributed by atoms with Crippen LogP contribution in [0.5, 0.6) is 0 Å². The summed E-state index contributed by atoms with van der Waals surface area (Å²) < 4.78 is 0. The van der Waals surface area contributed by atoms with Gasteiger partial charge in [0.15, 0.2) is 5.78 Å². The highest BCUT2D eigenvalue weighted by molar-refractivity contribution is 6.37. The number of ketones is 1. The number of hydrogen-bond acceptors (Lipinski definition) is 4. The van der Waals surface area contributed by atoms with Gasteiger partial charge in [-0.05, 0) is 61.0 Å². The maximum atomic E-state index is 13.8. The Kier molecular flexibility index (Phi) is 7.47. The van der Waals surface area contributed by atoms with E-state index in [1.807, 2.05) is 0 Å². The first-order valence-corrected chi connectivity index (χ1v) is 12.0. The Bertz CT molecular complexity index is 1310. The number of fused-ring (bicyclic) bond motifs is 1. The molecular weight excluding hydrogens is 534 g/mol. The third kappa shape index (κ3) is 4.80. The summed E-state index contributed by atoms with van der Waals surface area (Å²) in [6.07, 6.45) is -0.0482. The Hall–Kier alpha value is -2.90. The van der Waals surface area contributed by atoms with Crippen molar-refractivity contribution in [2.24, 2.45) is 0 Å². The van der Waals surface area contributed by atoms with Gasteiger partial charge in [0.25, 0.3) is 17.7 Å². The van der Waals surface area contributed by atoms with E-state index in [0.29, 0.717) is 10.0 Å². The minimum absolute atomic E-state index is 0.00678. The van der Waals surface area contributed by atoms with Gasteiger partial charge in [0, 0.05) is 21.5 Å². The van der Waals surface area contributed by atoms with Crippen LogP contribution in [0.15, 0.2) is 66.7 Å². The van der Waals surface area contributed by atoms with Crippen molar-refractivity contribution in [1.29, 1.82) is 0 Å². The summed E-state index contributed by atoms with van der Waals surface area (Å²) in [6, 6.07) is 15.1. The highest BCUT2D eigenvalue weighted by atomic mass is 35.5. The lowest BCUT2D eigenvalue weighted by molar-refractivity contribution is -0.00960. The maximum Gasteiger partial charge on any atom is 0.280 e. The van der Waals surface area contributed by atoms with Crippen LogP contribution < -0.4 is 0 Å². The van der Waals surface area contributed by atoms with Gasteiger partial charge in [-0.3, -0.25) is 19.2 Å². The topological polar surface area (TPSA) is 74.8 Å². The second kappa shape index (κ2) is 10.4. The molecule has 1 atom stereocenters. The predicted molar refractivity (Wildman–Crippen MR) is 134 cm³/mol. The molecule has 1 aliphatic heterocycles. The van der Waals surface area contributed by atoms with Gasteiger partial charge >= 0.3 is 0 Å². The Balaban J connectivity index is 1.87. The molecular formula is C25H16Cl4N2O4. The smallest absolute Gasteiger partial charge is 0.280 e. The third-order valence-corrected chi connectivity index (χ3v) is 6.48. The normalized spacial score (nSPS) is 13.5. The van der Waals surface area contributed by atoms with E-state index in [4.69, 9.17) is 46.4 Å². The first-order chi connectivity index (χ1) is 16.7. The number of hydrogen-bond donors (Lipinski definition) is 0. The molecule has 0 fully saturated rings. The number of hydrazine groups is 1. The number of imide groups is 1. The summed E-state index contributed by atoms with van der Waals surface area (Å²) in [4.78, 5) is 54.1. The van der Waals surface area contributed by atoms with Crippen molar-refractivity contribution in [2.45, 2.75) is 12.5 Å². The molecule has 1 aliphatic rings. The zero-order chi connectivity index (χ0) is 25.3. The number of nitrogens with zero attached hydrogens (tertiary/aromatic N) is 2. The van der Waals surface area contributed by atoms with Crippen molar-refractivity contribution in [1.82, 2.24) is 10.0 Å². The summed E-state index contributed by atoms with van der Waals surface area (Å²) in [5, 5.41) is 2.22. The monoisotopic (exact) mass is 548 g/mol. The Morgan fingerprint density at radius 2 is 1.40 bits per heavy atom.